The smallest absolute Gasteiger partial charge is 0.126 e. The van der Waals surface area contributed by atoms with Crippen LogP contribution in [0.15, 0.2) is 18.2 Å². The molecule has 3 heteroatoms. The monoisotopic (exact) mass is 269 g/mol. The number of hydrogen-bond donors (Lipinski definition) is 1. The van der Waals surface area contributed by atoms with Crippen molar-refractivity contribution >= 4 is 11.6 Å². The zero-order valence-electron chi connectivity index (χ0n) is 11.1. The van der Waals surface area contributed by atoms with Gasteiger partial charge in [0.1, 0.15) is 5.82 Å². The number of benzene rings is 1. The molecule has 1 unspecified atom stereocenters. The Morgan fingerprint density at radius 3 is 2.72 bits per heavy atom. The molecule has 0 bridgehead atoms. The van der Waals surface area contributed by atoms with Crippen LogP contribution < -0.4 is 5.73 Å². The van der Waals surface area contributed by atoms with E-state index in [4.69, 9.17) is 17.3 Å². The fourth-order valence-corrected chi connectivity index (χ4v) is 3.45. The van der Waals surface area contributed by atoms with Gasteiger partial charge in [0.15, 0.2) is 0 Å². The van der Waals surface area contributed by atoms with Crippen LogP contribution in [0.4, 0.5) is 4.39 Å². The SMILES string of the molecule is CC1(C)CCCC(N)(Cc2cc(Cl)ccc2F)C1. The average Bonchev–Trinajstić information content (AvgIpc) is 2.21. The largest absolute Gasteiger partial charge is 0.325 e. The van der Waals surface area contributed by atoms with Gasteiger partial charge in [0.25, 0.3) is 0 Å². The lowest BCUT2D eigenvalue weighted by atomic mass is 9.66. The minimum absolute atomic E-state index is 0.201. The number of nitrogens with two attached hydrogens (primary N) is 1. The maximum absolute atomic E-state index is 13.8. The zero-order chi connectivity index (χ0) is 13.4. The molecule has 1 fully saturated rings. The molecule has 0 heterocycles. The fourth-order valence-electron chi connectivity index (χ4n) is 3.26. The quantitative estimate of drug-likeness (QED) is 0.850. The van der Waals surface area contributed by atoms with Gasteiger partial charge in [-0.15, -0.1) is 0 Å². The summed E-state index contributed by atoms with van der Waals surface area (Å²) in [7, 11) is 0. The Labute approximate surface area is 114 Å². The molecule has 1 aromatic rings. The van der Waals surface area contributed by atoms with Crippen molar-refractivity contribution in [1.29, 1.82) is 0 Å². The lowest BCUT2D eigenvalue weighted by Gasteiger charge is -2.42. The van der Waals surface area contributed by atoms with Crippen molar-refractivity contribution in [3.05, 3.63) is 34.6 Å². The van der Waals surface area contributed by atoms with E-state index in [1.807, 2.05) is 0 Å². The zero-order valence-corrected chi connectivity index (χ0v) is 11.9. The van der Waals surface area contributed by atoms with Crippen LogP contribution in [0.1, 0.15) is 45.1 Å². The minimum atomic E-state index is -0.298. The summed E-state index contributed by atoms with van der Waals surface area (Å²) in [6, 6.07) is 4.70. The molecule has 0 aromatic heterocycles. The molecule has 0 saturated heterocycles. The second kappa shape index (κ2) is 4.82. The first-order valence-electron chi connectivity index (χ1n) is 6.53. The van der Waals surface area contributed by atoms with E-state index in [1.54, 1.807) is 12.1 Å². The molecule has 100 valence electrons. The molecule has 0 spiro atoms. The van der Waals surface area contributed by atoms with Crippen LogP contribution in [0.25, 0.3) is 0 Å². The molecule has 0 amide bonds. The molecule has 0 radical (unpaired) electrons. The molecule has 1 nitrogen and oxygen atoms in total. The van der Waals surface area contributed by atoms with Crippen LogP contribution in [-0.2, 0) is 6.42 Å². The normalized spacial score (nSPS) is 27.2. The second-order valence-corrected chi connectivity index (χ2v) is 6.91. The van der Waals surface area contributed by atoms with E-state index in [9.17, 15) is 4.39 Å². The van der Waals surface area contributed by atoms with Crippen molar-refractivity contribution in [2.24, 2.45) is 11.1 Å². The van der Waals surface area contributed by atoms with Gasteiger partial charge >= 0.3 is 0 Å². The van der Waals surface area contributed by atoms with E-state index >= 15 is 0 Å². The lowest BCUT2D eigenvalue weighted by Crippen LogP contribution is -2.48. The minimum Gasteiger partial charge on any atom is -0.325 e. The molecule has 2 N–H and O–H groups in total. The first-order chi connectivity index (χ1) is 8.30. The fraction of sp³-hybridized carbons (Fsp3) is 0.600. The van der Waals surface area contributed by atoms with Gasteiger partial charge < -0.3 is 5.73 Å². The first-order valence-corrected chi connectivity index (χ1v) is 6.90. The Hall–Kier alpha value is -0.600. The van der Waals surface area contributed by atoms with Gasteiger partial charge in [-0.05, 0) is 54.9 Å². The molecule has 1 aliphatic carbocycles. The summed E-state index contributed by atoms with van der Waals surface area (Å²) in [4.78, 5) is 0. The van der Waals surface area contributed by atoms with Crippen LogP contribution in [0, 0.1) is 11.2 Å². The summed E-state index contributed by atoms with van der Waals surface area (Å²) in [5.41, 5.74) is 7.07. The molecule has 18 heavy (non-hydrogen) atoms. The predicted molar refractivity (Wildman–Crippen MR) is 74.3 cm³/mol. The van der Waals surface area contributed by atoms with Gasteiger partial charge in [-0.2, -0.15) is 0 Å². The Morgan fingerprint density at radius 2 is 2.06 bits per heavy atom. The van der Waals surface area contributed by atoms with Gasteiger partial charge in [-0.1, -0.05) is 31.9 Å². The van der Waals surface area contributed by atoms with Crippen LogP contribution >= 0.6 is 11.6 Å². The van der Waals surface area contributed by atoms with Crippen molar-refractivity contribution in [1.82, 2.24) is 0 Å². The summed E-state index contributed by atoms with van der Waals surface area (Å²) in [6.45, 7) is 4.48. The van der Waals surface area contributed by atoms with Gasteiger partial charge in [0.2, 0.25) is 0 Å². The van der Waals surface area contributed by atoms with Crippen molar-refractivity contribution in [2.75, 3.05) is 0 Å². The first kappa shape index (κ1) is 13.8. The highest BCUT2D eigenvalue weighted by atomic mass is 35.5. The van der Waals surface area contributed by atoms with E-state index < -0.39 is 0 Å². The van der Waals surface area contributed by atoms with Crippen molar-refractivity contribution in [2.45, 2.75) is 51.5 Å². The summed E-state index contributed by atoms with van der Waals surface area (Å²) in [5, 5.41) is 0.574. The molecular formula is C15H21ClFN. The van der Waals surface area contributed by atoms with Gasteiger partial charge in [-0.3, -0.25) is 0 Å². The Morgan fingerprint density at radius 1 is 1.33 bits per heavy atom. The Kier molecular flexibility index (Phi) is 3.70. The summed E-state index contributed by atoms with van der Waals surface area (Å²) >= 11 is 5.93. The van der Waals surface area contributed by atoms with Gasteiger partial charge in [0, 0.05) is 10.6 Å². The highest BCUT2D eigenvalue weighted by Gasteiger charge is 2.37. The third-order valence-electron chi connectivity index (χ3n) is 3.91. The highest BCUT2D eigenvalue weighted by molar-refractivity contribution is 6.30. The van der Waals surface area contributed by atoms with Gasteiger partial charge in [0.05, 0.1) is 0 Å². The van der Waals surface area contributed by atoms with E-state index in [1.165, 1.54) is 12.5 Å². The molecule has 0 aliphatic heterocycles. The standard InChI is InChI=1S/C15H21ClFN/c1-14(2)6-3-7-15(18,10-14)9-11-8-12(16)4-5-13(11)17/h4-5,8H,3,6-7,9-10,18H2,1-2H3. The van der Waals surface area contributed by atoms with Crippen molar-refractivity contribution < 1.29 is 4.39 Å². The van der Waals surface area contributed by atoms with Crippen LogP contribution in [0.3, 0.4) is 0 Å². The maximum atomic E-state index is 13.8. The van der Waals surface area contributed by atoms with Crippen molar-refractivity contribution in [3.63, 3.8) is 0 Å². The maximum Gasteiger partial charge on any atom is 0.126 e. The Balaban J connectivity index is 2.19. The second-order valence-electron chi connectivity index (χ2n) is 6.47. The summed E-state index contributed by atoms with van der Waals surface area (Å²) in [5.74, 6) is -0.201. The van der Waals surface area contributed by atoms with E-state index in [2.05, 4.69) is 13.8 Å². The average molecular weight is 270 g/mol. The molecule has 1 saturated carbocycles. The molecular weight excluding hydrogens is 249 g/mol. The molecule has 2 rings (SSSR count). The number of rotatable bonds is 2. The van der Waals surface area contributed by atoms with Crippen LogP contribution in [0.5, 0.6) is 0 Å². The summed E-state index contributed by atoms with van der Waals surface area (Å²) in [6.07, 6.45) is 4.78. The molecule has 1 atom stereocenters. The van der Waals surface area contributed by atoms with Crippen LogP contribution in [-0.4, -0.2) is 5.54 Å². The van der Waals surface area contributed by atoms with E-state index in [0.717, 1.165) is 19.3 Å². The Bertz CT molecular complexity index is 444. The topological polar surface area (TPSA) is 26.0 Å². The third-order valence-corrected chi connectivity index (χ3v) is 4.14. The van der Waals surface area contributed by atoms with Crippen LogP contribution in [0.2, 0.25) is 5.02 Å². The summed E-state index contributed by atoms with van der Waals surface area (Å²) < 4.78 is 13.8. The highest BCUT2D eigenvalue weighted by Crippen LogP contribution is 2.41. The number of halogens is 2. The lowest BCUT2D eigenvalue weighted by molar-refractivity contribution is 0.150. The van der Waals surface area contributed by atoms with E-state index in [0.29, 0.717) is 17.0 Å². The third kappa shape index (κ3) is 3.24. The van der Waals surface area contributed by atoms with Gasteiger partial charge in [-0.25, -0.2) is 4.39 Å². The molecule has 1 aliphatic rings. The van der Waals surface area contributed by atoms with Crippen molar-refractivity contribution in [3.8, 4) is 0 Å². The predicted octanol–water partition coefficient (Wildman–Crippen LogP) is 4.32. The van der Waals surface area contributed by atoms with E-state index in [-0.39, 0.29) is 16.8 Å². The number of hydrogen-bond acceptors (Lipinski definition) is 1. The molecule has 1 aromatic carbocycles.